The zero-order chi connectivity index (χ0) is 15.4. The van der Waals surface area contributed by atoms with Crippen molar-refractivity contribution in [3.63, 3.8) is 0 Å². The van der Waals surface area contributed by atoms with Crippen LogP contribution < -0.4 is 11.1 Å². The lowest BCUT2D eigenvalue weighted by atomic mass is 10.3. The van der Waals surface area contributed by atoms with Crippen molar-refractivity contribution in [2.45, 2.75) is 4.90 Å². The lowest BCUT2D eigenvalue weighted by Gasteiger charge is -2.07. The van der Waals surface area contributed by atoms with Crippen molar-refractivity contribution < 1.29 is 4.79 Å². The second-order valence-electron chi connectivity index (χ2n) is 4.16. The van der Waals surface area contributed by atoms with Gasteiger partial charge in [0.15, 0.2) is 0 Å². The van der Waals surface area contributed by atoms with Gasteiger partial charge in [-0.1, -0.05) is 23.2 Å². The van der Waals surface area contributed by atoms with Crippen LogP contribution in [-0.2, 0) is 4.79 Å². The molecule has 0 radical (unpaired) electrons. The van der Waals surface area contributed by atoms with Crippen molar-refractivity contribution >= 4 is 68.2 Å². The van der Waals surface area contributed by atoms with Crippen LogP contribution in [0.25, 0.3) is 0 Å². The van der Waals surface area contributed by atoms with Crippen molar-refractivity contribution in [3.05, 3.63) is 50.9 Å². The molecule has 0 fully saturated rings. The van der Waals surface area contributed by atoms with Gasteiger partial charge in [0, 0.05) is 20.7 Å². The molecule has 0 aliphatic carbocycles. The van der Waals surface area contributed by atoms with Crippen LogP contribution >= 0.6 is 50.9 Å². The molecule has 3 nitrogen and oxygen atoms in total. The van der Waals surface area contributed by atoms with E-state index < -0.39 is 0 Å². The minimum absolute atomic E-state index is 0.123. The molecule has 21 heavy (non-hydrogen) atoms. The van der Waals surface area contributed by atoms with Gasteiger partial charge < -0.3 is 11.1 Å². The summed E-state index contributed by atoms with van der Waals surface area (Å²) in [7, 11) is 0. The first-order chi connectivity index (χ1) is 9.95. The fourth-order valence-electron chi connectivity index (χ4n) is 1.55. The molecule has 0 saturated heterocycles. The summed E-state index contributed by atoms with van der Waals surface area (Å²) in [6.07, 6.45) is 0. The molecule has 2 aromatic rings. The van der Waals surface area contributed by atoms with E-state index in [9.17, 15) is 4.79 Å². The van der Waals surface area contributed by atoms with Gasteiger partial charge in [0.2, 0.25) is 5.91 Å². The normalized spacial score (nSPS) is 10.4. The van der Waals surface area contributed by atoms with Crippen LogP contribution in [0, 0.1) is 0 Å². The number of nitrogens with two attached hydrogens (primary N) is 1. The lowest BCUT2D eigenvalue weighted by molar-refractivity contribution is -0.113. The molecule has 0 unspecified atom stereocenters. The smallest absolute Gasteiger partial charge is 0.234 e. The largest absolute Gasteiger partial charge is 0.399 e. The third-order valence-corrected chi connectivity index (χ3v) is 5.25. The number of hydrogen-bond acceptors (Lipinski definition) is 3. The maximum atomic E-state index is 11.9. The Morgan fingerprint density at radius 2 is 1.95 bits per heavy atom. The molecule has 0 aromatic heterocycles. The first-order valence-corrected chi connectivity index (χ1v) is 8.42. The van der Waals surface area contributed by atoms with Gasteiger partial charge in [0.1, 0.15) is 0 Å². The summed E-state index contributed by atoms with van der Waals surface area (Å²) in [5.74, 6) is 0.157. The second-order valence-corrected chi connectivity index (χ2v) is 6.84. The predicted molar refractivity (Wildman–Crippen MR) is 94.4 cm³/mol. The summed E-state index contributed by atoms with van der Waals surface area (Å²) in [5, 5.41) is 3.63. The summed E-state index contributed by atoms with van der Waals surface area (Å²) in [6, 6.07) is 10.4. The van der Waals surface area contributed by atoms with Gasteiger partial charge in [-0.3, -0.25) is 4.79 Å². The van der Waals surface area contributed by atoms with E-state index >= 15 is 0 Å². The number of amides is 1. The van der Waals surface area contributed by atoms with Gasteiger partial charge in [-0.2, -0.15) is 0 Å². The van der Waals surface area contributed by atoms with Crippen molar-refractivity contribution in [3.8, 4) is 0 Å². The highest BCUT2D eigenvalue weighted by molar-refractivity contribution is 9.10. The minimum Gasteiger partial charge on any atom is -0.399 e. The number of hydrogen-bond donors (Lipinski definition) is 2. The molecule has 2 rings (SSSR count). The Labute approximate surface area is 145 Å². The second kappa shape index (κ2) is 7.40. The molecule has 0 aliphatic heterocycles. The molecule has 0 atom stereocenters. The SMILES string of the molecule is Nc1ccc(SCC(=O)Nc2ccc(Cl)c(Cl)c2)c(Br)c1. The van der Waals surface area contributed by atoms with E-state index in [4.69, 9.17) is 28.9 Å². The lowest BCUT2D eigenvalue weighted by Crippen LogP contribution is -2.13. The number of benzene rings is 2. The zero-order valence-electron chi connectivity index (χ0n) is 10.7. The molecule has 7 heteroatoms. The van der Waals surface area contributed by atoms with Crippen molar-refractivity contribution in [2.75, 3.05) is 16.8 Å². The topological polar surface area (TPSA) is 55.1 Å². The van der Waals surface area contributed by atoms with E-state index in [0.717, 1.165) is 9.37 Å². The van der Waals surface area contributed by atoms with E-state index in [1.165, 1.54) is 11.8 Å². The van der Waals surface area contributed by atoms with Crippen molar-refractivity contribution in [2.24, 2.45) is 0 Å². The Morgan fingerprint density at radius 3 is 2.62 bits per heavy atom. The van der Waals surface area contributed by atoms with E-state index in [0.29, 0.717) is 21.4 Å². The molecule has 0 saturated carbocycles. The Balaban J connectivity index is 1.94. The number of halogens is 3. The summed E-state index contributed by atoms with van der Waals surface area (Å²) < 4.78 is 0.870. The fraction of sp³-hybridized carbons (Fsp3) is 0.0714. The van der Waals surface area contributed by atoms with Gasteiger partial charge in [-0.15, -0.1) is 11.8 Å². The van der Waals surface area contributed by atoms with Crippen LogP contribution in [0.2, 0.25) is 10.0 Å². The maximum absolute atomic E-state index is 11.9. The number of nitrogen functional groups attached to an aromatic ring is 1. The molecular weight excluding hydrogens is 395 g/mol. The van der Waals surface area contributed by atoms with Crippen LogP contribution in [0.5, 0.6) is 0 Å². The Kier molecular flexibility index (Phi) is 5.81. The maximum Gasteiger partial charge on any atom is 0.234 e. The first kappa shape index (κ1) is 16.5. The molecular formula is C14H11BrCl2N2OS. The number of nitrogens with one attached hydrogen (secondary N) is 1. The van der Waals surface area contributed by atoms with Gasteiger partial charge >= 0.3 is 0 Å². The number of thioether (sulfide) groups is 1. The van der Waals surface area contributed by atoms with Crippen LogP contribution in [0.1, 0.15) is 0 Å². The fourth-order valence-corrected chi connectivity index (χ4v) is 3.31. The van der Waals surface area contributed by atoms with Crippen LogP contribution in [0.15, 0.2) is 45.8 Å². The highest BCUT2D eigenvalue weighted by Gasteiger charge is 2.07. The highest BCUT2D eigenvalue weighted by Crippen LogP contribution is 2.29. The summed E-state index contributed by atoms with van der Waals surface area (Å²) >= 11 is 16.6. The van der Waals surface area contributed by atoms with E-state index in [1.807, 2.05) is 6.07 Å². The van der Waals surface area contributed by atoms with E-state index in [-0.39, 0.29) is 11.7 Å². The quantitative estimate of drug-likeness (QED) is 0.551. The number of rotatable bonds is 4. The Hall–Kier alpha value is -0.880. The predicted octanol–water partition coefficient (Wildman–Crippen LogP) is 5.07. The summed E-state index contributed by atoms with van der Waals surface area (Å²) in [6.45, 7) is 0. The van der Waals surface area contributed by atoms with Gasteiger partial charge in [0.25, 0.3) is 0 Å². The molecule has 0 heterocycles. The third kappa shape index (κ3) is 4.81. The molecule has 3 N–H and O–H groups in total. The number of anilines is 2. The molecule has 0 aliphatic rings. The van der Waals surface area contributed by atoms with Gasteiger partial charge in [0.05, 0.1) is 15.8 Å². The first-order valence-electron chi connectivity index (χ1n) is 5.88. The molecule has 0 spiro atoms. The number of carbonyl (C=O) groups excluding carboxylic acids is 1. The van der Waals surface area contributed by atoms with E-state index in [1.54, 1.807) is 30.3 Å². The Morgan fingerprint density at radius 1 is 1.19 bits per heavy atom. The van der Waals surface area contributed by atoms with Crippen molar-refractivity contribution in [1.29, 1.82) is 0 Å². The van der Waals surface area contributed by atoms with Crippen molar-refractivity contribution in [1.82, 2.24) is 0 Å². The van der Waals surface area contributed by atoms with Gasteiger partial charge in [-0.25, -0.2) is 0 Å². The average Bonchev–Trinajstić information content (AvgIpc) is 2.42. The summed E-state index contributed by atoms with van der Waals surface area (Å²) in [5.41, 5.74) is 6.96. The third-order valence-electron chi connectivity index (χ3n) is 2.52. The zero-order valence-corrected chi connectivity index (χ0v) is 14.6. The van der Waals surface area contributed by atoms with E-state index in [2.05, 4.69) is 21.2 Å². The highest BCUT2D eigenvalue weighted by atomic mass is 79.9. The number of carbonyl (C=O) groups is 1. The molecule has 110 valence electrons. The molecule has 2 aromatic carbocycles. The monoisotopic (exact) mass is 404 g/mol. The average molecular weight is 406 g/mol. The minimum atomic E-state index is -0.123. The van der Waals surface area contributed by atoms with Crippen LogP contribution in [0.3, 0.4) is 0 Å². The van der Waals surface area contributed by atoms with Crippen LogP contribution in [-0.4, -0.2) is 11.7 Å². The molecule has 1 amide bonds. The summed E-state index contributed by atoms with van der Waals surface area (Å²) in [4.78, 5) is 12.9. The molecule has 0 bridgehead atoms. The van der Waals surface area contributed by atoms with Gasteiger partial charge in [-0.05, 0) is 52.3 Å². The van der Waals surface area contributed by atoms with Crippen LogP contribution in [0.4, 0.5) is 11.4 Å². The standard InChI is InChI=1S/C14H11BrCl2N2OS/c15-10-5-8(18)1-4-13(10)21-7-14(20)19-9-2-3-11(16)12(17)6-9/h1-6H,7,18H2,(H,19,20). The Bertz CT molecular complexity index is 682.